The molecule has 2 unspecified atom stereocenters. The predicted octanol–water partition coefficient (Wildman–Crippen LogP) is 3.51. The molecule has 0 spiro atoms. The van der Waals surface area contributed by atoms with Crippen molar-refractivity contribution in [1.82, 2.24) is 10.2 Å². The predicted molar refractivity (Wildman–Crippen MR) is 106 cm³/mol. The number of ether oxygens (including phenoxy) is 1. The molecular weight excluding hydrogens is 401 g/mol. The molecule has 0 aromatic heterocycles. The Morgan fingerprint density at radius 3 is 2.57 bits per heavy atom. The van der Waals surface area contributed by atoms with Crippen molar-refractivity contribution in [2.24, 2.45) is 16.8 Å². The minimum absolute atomic E-state index is 0. The maximum atomic E-state index is 5.28. The lowest BCUT2D eigenvalue weighted by molar-refractivity contribution is 0.299. The molecule has 5 heteroatoms. The second kappa shape index (κ2) is 8.76. The van der Waals surface area contributed by atoms with Crippen molar-refractivity contribution < 1.29 is 4.74 Å². The van der Waals surface area contributed by atoms with Crippen LogP contribution in [0.15, 0.2) is 29.3 Å². The molecule has 1 aromatic carbocycles. The zero-order valence-electron chi connectivity index (χ0n) is 14.1. The Morgan fingerprint density at radius 2 is 1.96 bits per heavy atom. The molecule has 128 valence electrons. The lowest BCUT2D eigenvalue weighted by Gasteiger charge is -2.22. The van der Waals surface area contributed by atoms with Crippen LogP contribution in [0.2, 0.25) is 0 Å². The number of hydrogen-bond donors (Lipinski definition) is 1. The summed E-state index contributed by atoms with van der Waals surface area (Å²) in [5.41, 5.74) is 1.22. The molecule has 1 aliphatic heterocycles. The van der Waals surface area contributed by atoms with Crippen LogP contribution in [0.1, 0.15) is 31.2 Å². The highest BCUT2D eigenvalue weighted by Crippen LogP contribution is 2.35. The highest BCUT2D eigenvalue weighted by molar-refractivity contribution is 14.0. The minimum atomic E-state index is 0. The van der Waals surface area contributed by atoms with Crippen molar-refractivity contribution in [3.8, 4) is 5.75 Å². The Bertz CT molecular complexity index is 521. The Morgan fingerprint density at radius 1 is 1.26 bits per heavy atom. The van der Waals surface area contributed by atoms with E-state index in [1.165, 1.54) is 44.3 Å². The summed E-state index contributed by atoms with van der Waals surface area (Å²) in [5.74, 6) is 3.70. The van der Waals surface area contributed by atoms with Gasteiger partial charge in [0.15, 0.2) is 5.96 Å². The monoisotopic (exact) mass is 429 g/mol. The Labute approximate surface area is 156 Å². The van der Waals surface area contributed by atoms with Gasteiger partial charge in [-0.25, -0.2) is 0 Å². The molecule has 1 aromatic rings. The zero-order chi connectivity index (χ0) is 15.4. The number of rotatable bonds is 3. The fraction of sp³-hybridized carbons (Fsp3) is 0.611. The van der Waals surface area contributed by atoms with Gasteiger partial charge in [-0.1, -0.05) is 25.0 Å². The molecule has 0 radical (unpaired) electrons. The van der Waals surface area contributed by atoms with E-state index < -0.39 is 0 Å². The third-order valence-corrected chi connectivity index (χ3v) is 5.07. The largest absolute Gasteiger partial charge is 0.497 e. The first-order valence-electron chi connectivity index (χ1n) is 8.38. The van der Waals surface area contributed by atoms with Crippen LogP contribution in [0, 0.1) is 11.8 Å². The fourth-order valence-electron chi connectivity index (χ4n) is 3.87. The molecule has 0 amide bonds. The molecule has 23 heavy (non-hydrogen) atoms. The normalized spacial score (nSPS) is 23.9. The van der Waals surface area contributed by atoms with E-state index in [-0.39, 0.29) is 24.0 Å². The molecule has 3 rings (SSSR count). The van der Waals surface area contributed by atoms with Crippen molar-refractivity contribution in [2.45, 2.75) is 32.2 Å². The van der Waals surface area contributed by atoms with Gasteiger partial charge in [0.2, 0.25) is 0 Å². The van der Waals surface area contributed by atoms with Gasteiger partial charge in [0.25, 0.3) is 0 Å². The van der Waals surface area contributed by atoms with Crippen LogP contribution < -0.4 is 10.1 Å². The number of likely N-dealkylation sites (tertiary alicyclic amines) is 1. The van der Waals surface area contributed by atoms with Crippen LogP contribution in [0.4, 0.5) is 0 Å². The summed E-state index contributed by atoms with van der Waals surface area (Å²) in [4.78, 5) is 6.93. The van der Waals surface area contributed by atoms with E-state index >= 15 is 0 Å². The summed E-state index contributed by atoms with van der Waals surface area (Å²) < 4.78 is 5.28. The lowest BCUT2D eigenvalue weighted by atomic mass is 9.82. The van der Waals surface area contributed by atoms with Crippen molar-refractivity contribution >= 4 is 29.9 Å². The Kier molecular flexibility index (Phi) is 6.99. The van der Waals surface area contributed by atoms with Gasteiger partial charge >= 0.3 is 0 Å². The van der Waals surface area contributed by atoms with Crippen LogP contribution in [-0.4, -0.2) is 38.1 Å². The molecule has 2 fully saturated rings. The first-order chi connectivity index (χ1) is 10.8. The number of halogens is 1. The van der Waals surface area contributed by atoms with Crippen LogP contribution >= 0.6 is 24.0 Å². The number of aliphatic imine (C=N–C) groups is 1. The van der Waals surface area contributed by atoms with E-state index in [0.717, 1.165) is 30.1 Å². The Balaban J connectivity index is 0.00000192. The second-order valence-corrected chi connectivity index (χ2v) is 6.46. The van der Waals surface area contributed by atoms with Gasteiger partial charge in [0, 0.05) is 26.7 Å². The summed E-state index contributed by atoms with van der Waals surface area (Å²) in [6.07, 6.45) is 5.61. The minimum Gasteiger partial charge on any atom is -0.497 e. The van der Waals surface area contributed by atoms with Gasteiger partial charge in [0.1, 0.15) is 5.75 Å². The molecule has 4 nitrogen and oxygen atoms in total. The van der Waals surface area contributed by atoms with Gasteiger partial charge < -0.3 is 15.0 Å². The number of guanidine groups is 1. The number of fused-ring (bicyclic) bond motifs is 1. The van der Waals surface area contributed by atoms with E-state index in [1.807, 2.05) is 19.2 Å². The number of nitrogens with zero attached hydrogens (tertiary/aromatic N) is 2. The molecule has 2 aliphatic rings. The third-order valence-electron chi connectivity index (χ3n) is 5.07. The summed E-state index contributed by atoms with van der Waals surface area (Å²) in [6.45, 7) is 3.13. The lowest BCUT2D eigenvalue weighted by Crippen LogP contribution is -2.39. The number of benzene rings is 1. The molecule has 1 aliphatic carbocycles. The summed E-state index contributed by atoms with van der Waals surface area (Å²) in [7, 11) is 3.59. The SMILES string of the molecule is CN=C(NCc1cccc(OC)c1)N1CC2CCCCC2C1.I. The van der Waals surface area contributed by atoms with E-state index in [2.05, 4.69) is 27.3 Å². The average Bonchev–Trinajstić information content (AvgIpc) is 2.99. The maximum absolute atomic E-state index is 5.28. The molecule has 1 saturated carbocycles. The van der Waals surface area contributed by atoms with Crippen LogP contribution in [-0.2, 0) is 6.54 Å². The fourth-order valence-corrected chi connectivity index (χ4v) is 3.87. The summed E-state index contributed by atoms with van der Waals surface area (Å²) in [5, 5.41) is 3.51. The molecule has 1 heterocycles. The highest BCUT2D eigenvalue weighted by atomic mass is 127. The van der Waals surface area contributed by atoms with Gasteiger partial charge in [-0.2, -0.15) is 0 Å². The van der Waals surface area contributed by atoms with Crippen LogP contribution in [0.3, 0.4) is 0 Å². The van der Waals surface area contributed by atoms with Gasteiger partial charge in [-0.15, -0.1) is 24.0 Å². The van der Waals surface area contributed by atoms with Gasteiger partial charge in [-0.3, -0.25) is 4.99 Å². The Hall–Kier alpha value is -0.980. The second-order valence-electron chi connectivity index (χ2n) is 6.46. The standard InChI is InChI=1S/C18H27N3O.HI/c1-19-18(20-11-14-6-5-9-17(10-14)22-2)21-12-15-7-3-4-8-16(15)13-21;/h5-6,9-10,15-16H,3-4,7-8,11-13H2,1-2H3,(H,19,20);1H. The molecule has 0 bridgehead atoms. The summed E-state index contributed by atoms with van der Waals surface area (Å²) >= 11 is 0. The highest BCUT2D eigenvalue weighted by Gasteiger charge is 2.35. The van der Waals surface area contributed by atoms with Crippen molar-refractivity contribution in [1.29, 1.82) is 0 Å². The average molecular weight is 429 g/mol. The molecule has 2 atom stereocenters. The van der Waals surface area contributed by atoms with E-state index in [9.17, 15) is 0 Å². The zero-order valence-corrected chi connectivity index (χ0v) is 16.5. The van der Waals surface area contributed by atoms with E-state index in [0.29, 0.717) is 0 Å². The maximum Gasteiger partial charge on any atom is 0.193 e. The molecular formula is C18H28IN3O. The number of hydrogen-bond acceptors (Lipinski definition) is 2. The van der Waals surface area contributed by atoms with Crippen LogP contribution in [0.5, 0.6) is 5.75 Å². The van der Waals surface area contributed by atoms with E-state index in [4.69, 9.17) is 4.74 Å². The molecule has 1 saturated heterocycles. The number of methoxy groups -OCH3 is 1. The third kappa shape index (κ3) is 4.52. The first kappa shape index (κ1) is 18.4. The molecule has 1 N–H and O–H groups in total. The first-order valence-corrected chi connectivity index (χ1v) is 8.38. The van der Waals surface area contributed by atoms with Crippen LogP contribution in [0.25, 0.3) is 0 Å². The van der Waals surface area contributed by atoms with Crippen molar-refractivity contribution in [3.05, 3.63) is 29.8 Å². The summed E-state index contributed by atoms with van der Waals surface area (Å²) in [6, 6.07) is 8.20. The smallest absolute Gasteiger partial charge is 0.193 e. The quantitative estimate of drug-likeness (QED) is 0.454. The van der Waals surface area contributed by atoms with Crippen molar-refractivity contribution in [2.75, 3.05) is 27.2 Å². The topological polar surface area (TPSA) is 36.9 Å². The van der Waals surface area contributed by atoms with Gasteiger partial charge in [-0.05, 0) is 42.4 Å². The van der Waals surface area contributed by atoms with Gasteiger partial charge in [0.05, 0.1) is 7.11 Å². The van der Waals surface area contributed by atoms with E-state index in [1.54, 1.807) is 7.11 Å². The number of nitrogens with one attached hydrogen (secondary N) is 1. The van der Waals surface area contributed by atoms with Crippen molar-refractivity contribution in [3.63, 3.8) is 0 Å².